The lowest BCUT2D eigenvalue weighted by atomic mass is 9.72. The molecule has 282 valence electrons. The van der Waals surface area contributed by atoms with Crippen molar-refractivity contribution >= 4 is 35.0 Å². The number of nitrogens with one attached hydrogen (secondary N) is 1. The molecule has 0 unspecified atom stereocenters. The third-order valence-electron chi connectivity index (χ3n) is 10.2. The second-order valence-corrected chi connectivity index (χ2v) is 13.7. The molecule has 0 aromatic heterocycles. The highest BCUT2D eigenvalue weighted by Gasteiger charge is 2.47. The molecule has 2 heterocycles. The van der Waals surface area contributed by atoms with Gasteiger partial charge in [-0.2, -0.15) is 5.10 Å². The number of carbonyl (C=O) groups excluding carboxylic acids is 5. The minimum Gasteiger partial charge on any atom is -0.507 e. The molecule has 16 nitrogen and oxygen atoms in total. The molecule has 4 aliphatic rings. The summed E-state index contributed by atoms with van der Waals surface area (Å²) in [6.45, 7) is 1.04. The zero-order chi connectivity index (χ0) is 38.2. The Labute approximate surface area is 304 Å². The second kappa shape index (κ2) is 15.3. The van der Waals surface area contributed by atoms with Crippen LogP contribution in [0.3, 0.4) is 0 Å². The highest BCUT2D eigenvalue weighted by Crippen LogP contribution is 2.48. The maximum absolute atomic E-state index is 13.9. The molecule has 0 spiro atoms. The van der Waals surface area contributed by atoms with Crippen molar-refractivity contribution in [2.75, 3.05) is 20.3 Å². The molecule has 53 heavy (non-hydrogen) atoms. The predicted octanol–water partition coefficient (Wildman–Crippen LogP) is 0.684. The lowest BCUT2D eigenvalue weighted by Crippen LogP contribution is -2.53. The molecule has 0 bridgehead atoms. The molecule has 0 saturated carbocycles. The number of hydrogen-bond donors (Lipinski definition) is 6. The number of amides is 3. The van der Waals surface area contributed by atoms with Crippen LogP contribution in [0.25, 0.3) is 0 Å². The number of ether oxygens (including phenoxy) is 3. The first-order valence-electron chi connectivity index (χ1n) is 17.4. The molecule has 2 aromatic carbocycles. The van der Waals surface area contributed by atoms with Crippen molar-refractivity contribution in [2.45, 2.75) is 88.1 Å². The number of aliphatic hydroxyl groups is 3. The molecule has 6 rings (SSSR count). The number of fused-ring (bicyclic) bond motifs is 3. The minimum absolute atomic E-state index is 0.0218. The van der Waals surface area contributed by atoms with Crippen molar-refractivity contribution in [1.82, 2.24) is 10.3 Å². The molecule has 1 saturated heterocycles. The molecule has 2 aromatic rings. The SMILES string of the molecule is COc1cccc2c1C(=O)c1cc3c(c(O)c1C2=O)C[C@@](O)(/C(CO)=N/NC(=O)CCCCCN1C(=O)C=CC1=O)C[C@@H]3O[C@H]1C[C@H](N)[C@H](O)[C@H](C)O1. The van der Waals surface area contributed by atoms with Gasteiger partial charge < -0.3 is 40.4 Å². The Morgan fingerprint density at radius 3 is 2.49 bits per heavy atom. The Hall–Kier alpha value is -4.84. The first-order chi connectivity index (χ1) is 25.3. The molecule has 16 heteroatoms. The van der Waals surface area contributed by atoms with Crippen LogP contribution in [0.2, 0.25) is 0 Å². The summed E-state index contributed by atoms with van der Waals surface area (Å²) in [5, 5.41) is 48.7. The Bertz CT molecular complexity index is 1880. The van der Waals surface area contributed by atoms with Gasteiger partial charge in [0.05, 0.1) is 48.9 Å². The number of hydrazone groups is 1. The average molecular weight is 735 g/mol. The van der Waals surface area contributed by atoms with Crippen LogP contribution in [0.1, 0.15) is 94.5 Å². The first kappa shape index (κ1) is 37.9. The van der Waals surface area contributed by atoms with E-state index in [-0.39, 0.29) is 88.9 Å². The molecule has 1 fully saturated rings. The van der Waals surface area contributed by atoms with E-state index in [2.05, 4.69) is 10.5 Å². The summed E-state index contributed by atoms with van der Waals surface area (Å²) in [5.41, 5.74) is 6.24. The molecule has 2 aliphatic carbocycles. The van der Waals surface area contributed by atoms with E-state index in [4.69, 9.17) is 19.9 Å². The standard InChI is InChI=1S/C37H42N4O12/c1-18-33(46)23(38)14-30(52-18)53-25-16-37(50,26(17-42)39-40-27(43)9-4-3-5-12-41-28(44)10-11-29(41)45)15-22-20(25)13-21-32(36(22)49)34(47)19-7-6-8-24(51-2)31(19)35(21)48/h6-8,10-11,13,18,23,25,30,33,42,46,49-50H,3-5,9,12,14-17,38H2,1-2H3,(H,40,43)/b39-26+/t18-,23-,25-,30-,33+,37-/m0/s1. The van der Waals surface area contributed by atoms with E-state index in [1.165, 1.54) is 31.4 Å². The molecular weight excluding hydrogens is 692 g/mol. The van der Waals surface area contributed by atoms with Crippen LogP contribution in [0, 0.1) is 0 Å². The monoisotopic (exact) mass is 734 g/mol. The Kier molecular flexibility index (Phi) is 10.9. The van der Waals surface area contributed by atoms with Gasteiger partial charge in [0.2, 0.25) is 5.91 Å². The van der Waals surface area contributed by atoms with Crippen LogP contribution in [0.5, 0.6) is 11.5 Å². The van der Waals surface area contributed by atoms with Gasteiger partial charge in [-0.05, 0) is 37.5 Å². The van der Waals surface area contributed by atoms with Gasteiger partial charge in [0, 0.05) is 67.1 Å². The lowest BCUT2D eigenvalue weighted by molar-refractivity contribution is -0.245. The summed E-state index contributed by atoms with van der Waals surface area (Å²) in [7, 11) is 1.37. The maximum Gasteiger partial charge on any atom is 0.253 e. The maximum atomic E-state index is 13.9. The van der Waals surface area contributed by atoms with E-state index in [0.29, 0.717) is 19.3 Å². The highest BCUT2D eigenvalue weighted by molar-refractivity contribution is 6.30. The second-order valence-electron chi connectivity index (χ2n) is 13.7. The highest BCUT2D eigenvalue weighted by atomic mass is 16.7. The number of ketones is 2. The predicted molar refractivity (Wildman–Crippen MR) is 185 cm³/mol. The van der Waals surface area contributed by atoms with Crippen LogP contribution >= 0.6 is 0 Å². The van der Waals surface area contributed by atoms with Crippen molar-refractivity contribution in [3.05, 3.63) is 69.8 Å². The van der Waals surface area contributed by atoms with E-state index < -0.39 is 66.1 Å². The number of benzene rings is 2. The van der Waals surface area contributed by atoms with Gasteiger partial charge in [-0.25, -0.2) is 5.43 Å². The Morgan fingerprint density at radius 1 is 1.09 bits per heavy atom. The number of phenols is 1. The number of carbonyl (C=O) groups is 5. The number of aromatic hydroxyl groups is 1. The minimum atomic E-state index is -2.04. The van der Waals surface area contributed by atoms with Gasteiger partial charge in [-0.3, -0.25) is 28.9 Å². The summed E-state index contributed by atoms with van der Waals surface area (Å²) in [6, 6.07) is 5.28. The number of nitrogens with two attached hydrogens (primary N) is 1. The summed E-state index contributed by atoms with van der Waals surface area (Å²) in [4.78, 5) is 65.0. The molecule has 6 atom stereocenters. The number of rotatable bonds is 12. The fourth-order valence-corrected chi connectivity index (χ4v) is 7.34. The van der Waals surface area contributed by atoms with Crippen molar-refractivity contribution in [3.8, 4) is 11.5 Å². The van der Waals surface area contributed by atoms with E-state index in [1.54, 1.807) is 19.1 Å². The zero-order valence-corrected chi connectivity index (χ0v) is 29.2. The summed E-state index contributed by atoms with van der Waals surface area (Å²) in [5.74, 6) is -2.85. The zero-order valence-electron chi connectivity index (χ0n) is 29.2. The normalized spacial score (nSPS) is 26.7. The van der Waals surface area contributed by atoms with Gasteiger partial charge in [-0.15, -0.1) is 0 Å². The molecule has 7 N–H and O–H groups in total. The van der Waals surface area contributed by atoms with Crippen molar-refractivity contribution < 1.29 is 58.6 Å². The molecule has 2 aliphatic heterocycles. The summed E-state index contributed by atoms with van der Waals surface area (Å²) < 4.78 is 17.6. The van der Waals surface area contributed by atoms with Crippen LogP contribution < -0.4 is 15.9 Å². The van der Waals surface area contributed by atoms with Crippen molar-refractivity contribution in [1.29, 1.82) is 0 Å². The number of unbranched alkanes of at least 4 members (excludes halogenated alkanes) is 2. The van der Waals surface area contributed by atoms with E-state index in [0.717, 1.165) is 4.90 Å². The van der Waals surface area contributed by atoms with Crippen LogP contribution in [-0.4, -0.2) is 111 Å². The van der Waals surface area contributed by atoms with E-state index >= 15 is 0 Å². The number of imide groups is 1. The summed E-state index contributed by atoms with van der Waals surface area (Å²) in [6.07, 6.45) is -0.538. The van der Waals surface area contributed by atoms with Crippen molar-refractivity contribution in [3.63, 3.8) is 0 Å². The smallest absolute Gasteiger partial charge is 0.253 e. The Morgan fingerprint density at radius 2 is 1.81 bits per heavy atom. The fraction of sp³-hybridized carbons (Fsp3) is 0.459. The average Bonchev–Trinajstić information content (AvgIpc) is 3.45. The van der Waals surface area contributed by atoms with E-state index in [9.17, 15) is 44.4 Å². The number of nitrogens with zero attached hydrogens (tertiary/aromatic N) is 2. The number of aliphatic hydroxyl groups excluding tert-OH is 2. The molecule has 0 radical (unpaired) electrons. The van der Waals surface area contributed by atoms with Gasteiger partial charge in [0.1, 0.15) is 17.1 Å². The van der Waals surface area contributed by atoms with Crippen LogP contribution in [-0.2, 0) is 30.3 Å². The van der Waals surface area contributed by atoms with Gasteiger partial charge in [0.25, 0.3) is 11.8 Å². The largest absolute Gasteiger partial charge is 0.507 e. The Balaban J connectivity index is 1.26. The molecule has 3 amide bonds. The van der Waals surface area contributed by atoms with Crippen LogP contribution in [0.15, 0.2) is 41.5 Å². The number of hydrogen-bond acceptors (Lipinski definition) is 14. The van der Waals surface area contributed by atoms with Crippen LogP contribution in [0.4, 0.5) is 0 Å². The van der Waals surface area contributed by atoms with Gasteiger partial charge in [0.15, 0.2) is 17.9 Å². The number of phenolic OH excluding ortho intramolecular Hbond substituents is 1. The molecular formula is C37H42N4O12. The number of methoxy groups -OCH3 is 1. The third kappa shape index (κ3) is 7.25. The summed E-state index contributed by atoms with van der Waals surface area (Å²) >= 11 is 0. The lowest BCUT2D eigenvalue weighted by Gasteiger charge is -2.42. The van der Waals surface area contributed by atoms with Gasteiger partial charge >= 0.3 is 0 Å². The first-order valence-corrected chi connectivity index (χ1v) is 17.4. The fourth-order valence-electron chi connectivity index (χ4n) is 7.34. The topological polar surface area (TPSA) is 248 Å². The quantitative estimate of drug-likeness (QED) is 0.0650. The van der Waals surface area contributed by atoms with Gasteiger partial charge in [-0.1, -0.05) is 18.6 Å². The van der Waals surface area contributed by atoms with E-state index in [1.807, 2.05) is 0 Å². The van der Waals surface area contributed by atoms with Crippen molar-refractivity contribution in [2.24, 2.45) is 10.8 Å². The third-order valence-corrected chi connectivity index (χ3v) is 10.2.